The molecule has 1 unspecified atom stereocenters. The maximum absolute atomic E-state index is 12.1. The maximum atomic E-state index is 12.1. The molecule has 1 aromatic carbocycles. The average Bonchev–Trinajstić information content (AvgIpc) is 2.68. The minimum atomic E-state index is -0.317. The Bertz CT molecular complexity index is 431. The first kappa shape index (κ1) is 14.5. The van der Waals surface area contributed by atoms with Gasteiger partial charge < -0.3 is 10.1 Å². The van der Waals surface area contributed by atoms with Crippen molar-refractivity contribution in [3.05, 3.63) is 34.3 Å². The Kier molecular flexibility index (Phi) is 5.36. The standard InChI is InChI=1S/C14H19BrN2O2/c1-19-14(18)13(11-4-2-5-12(15)10-11)17-8-3-6-16-7-9-17/h2,4-5,10,13,16H,3,6-9H2,1H3. The van der Waals surface area contributed by atoms with E-state index in [2.05, 4.69) is 26.1 Å². The third kappa shape index (κ3) is 3.78. The number of methoxy groups -OCH3 is 1. The van der Waals surface area contributed by atoms with E-state index in [-0.39, 0.29) is 12.0 Å². The van der Waals surface area contributed by atoms with Crippen molar-refractivity contribution in [3.63, 3.8) is 0 Å². The van der Waals surface area contributed by atoms with E-state index in [1.165, 1.54) is 7.11 Å². The van der Waals surface area contributed by atoms with E-state index in [4.69, 9.17) is 4.74 Å². The summed E-state index contributed by atoms with van der Waals surface area (Å²) in [7, 11) is 1.45. The number of carbonyl (C=O) groups is 1. The van der Waals surface area contributed by atoms with E-state index in [0.717, 1.165) is 42.6 Å². The topological polar surface area (TPSA) is 41.6 Å². The SMILES string of the molecule is COC(=O)C(c1cccc(Br)c1)N1CCCNCC1. The molecule has 19 heavy (non-hydrogen) atoms. The number of ether oxygens (including phenoxy) is 1. The highest BCUT2D eigenvalue weighted by Gasteiger charge is 2.28. The molecule has 104 valence electrons. The van der Waals surface area contributed by atoms with E-state index in [1.54, 1.807) is 0 Å². The second-order valence-electron chi connectivity index (χ2n) is 4.62. The summed E-state index contributed by atoms with van der Waals surface area (Å²) >= 11 is 3.46. The average molecular weight is 327 g/mol. The van der Waals surface area contributed by atoms with Gasteiger partial charge in [0, 0.05) is 24.1 Å². The number of esters is 1. The van der Waals surface area contributed by atoms with Crippen molar-refractivity contribution in [2.24, 2.45) is 0 Å². The molecule has 0 aromatic heterocycles. The molecule has 0 aliphatic carbocycles. The minimum Gasteiger partial charge on any atom is -0.468 e. The van der Waals surface area contributed by atoms with Crippen LogP contribution in [0.1, 0.15) is 18.0 Å². The molecule has 4 nitrogen and oxygen atoms in total. The van der Waals surface area contributed by atoms with Gasteiger partial charge in [-0.15, -0.1) is 0 Å². The third-order valence-corrected chi connectivity index (χ3v) is 3.82. The lowest BCUT2D eigenvalue weighted by Gasteiger charge is -2.28. The molecule has 0 spiro atoms. The van der Waals surface area contributed by atoms with Gasteiger partial charge in [0.05, 0.1) is 7.11 Å². The zero-order valence-electron chi connectivity index (χ0n) is 11.1. The summed E-state index contributed by atoms with van der Waals surface area (Å²) in [6.45, 7) is 3.66. The molecule has 0 radical (unpaired) electrons. The Morgan fingerprint density at radius 2 is 2.26 bits per heavy atom. The molecule has 1 heterocycles. The molecule has 0 amide bonds. The second kappa shape index (κ2) is 7.03. The van der Waals surface area contributed by atoms with Gasteiger partial charge in [0.15, 0.2) is 0 Å². The highest BCUT2D eigenvalue weighted by molar-refractivity contribution is 9.10. The van der Waals surface area contributed by atoms with Crippen LogP contribution >= 0.6 is 15.9 Å². The van der Waals surface area contributed by atoms with Crippen molar-refractivity contribution < 1.29 is 9.53 Å². The smallest absolute Gasteiger partial charge is 0.327 e. The van der Waals surface area contributed by atoms with Crippen LogP contribution in [0.15, 0.2) is 28.7 Å². The lowest BCUT2D eigenvalue weighted by atomic mass is 10.1. The largest absolute Gasteiger partial charge is 0.468 e. The highest BCUT2D eigenvalue weighted by atomic mass is 79.9. The third-order valence-electron chi connectivity index (χ3n) is 3.33. The van der Waals surface area contributed by atoms with Crippen molar-refractivity contribution in [3.8, 4) is 0 Å². The molecule has 0 saturated carbocycles. The molecule has 1 aliphatic rings. The zero-order valence-corrected chi connectivity index (χ0v) is 12.6. The summed E-state index contributed by atoms with van der Waals surface area (Å²) in [4.78, 5) is 14.3. The van der Waals surface area contributed by atoms with Gasteiger partial charge in [-0.25, -0.2) is 4.79 Å². The Morgan fingerprint density at radius 1 is 1.42 bits per heavy atom. The van der Waals surface area contributed by atoms with Gasteiger partial charge in [0.25, 0.3) is 0 Å². The number of hydrogen-bond acceptors (Lipinski definition) is 4. The molecule has 1 aromatic rings. The summed E-state index contributed by atoms with van der Waals surface area (Å²) in [6, 6.07) is 7.56. The normalized spacial score (nSPS) is 18.6. The Balaban J connectivity index is 2.26. The van der Waals surface area contributed by atoms with Crippen molar-refractivity contribution >= 4 is 21.9 Å². The number of hydrogen-bond donors (Lipinski definition) is 1. The first-order valence-electron chi connectivity index (χ1n) is 6.50. The number of benzene rings is 1. The number of halogens is 1. The minimum absolute atomic E-state index is 0.194. The summed E-state index contributed by atoms with van der Waals surface area (Å²) in [6.07, 6.45) is 1.04. The monoisotopic (exact) mass is 326 g/mol. The van der Waals surface area contributed by atoms with Crippen molar-refractivity contribution in [1.82, 2.24) is 10.2 Å². The lowest BCUT2D eigenvalue weighted by molar-refractivity contribution is -0.147. The Labute approximate surface area is 122 Å². The fraction of sp³-hybridized carbons (Fsp3) is 0.500. The van der Waals surface area contributed by atoms with Gasteiger partial charge in [-0.05, 0) is 30.7 Å². The zero-order chi connectivity index (χ0) is 13.7. The van der Waals surface area contributed by atoms with Crippen LogP contribution < -0.4 is 5.32 Å². The predicted molar refractivity (Wildman–Crippen MR) is 78.0 cm³/mol. The van der Waals surface area contributed by atoms with Gasteiger partial charge in [-0.3, -0.25) is 4.90 Å². The molecule has 5 heteroatoms. The predicted octanol–water partition coefficient (Wildman–Crippen LogP) is 1.96. The fourth-order valence-corrected chi connectivity index (χ4v) is 2.83. The van der Waals surface area contributed by atoms with Crippen LogP contribution in [-0.4, -0.2) is 44.2 Å². The number of nitrogens with one attached hydrogen (secondary N) is 1. The Morgan fingerprint density at radius 3 is 3.00 bits per heavy atom. The summed E-state index contributed by atoms with van der Waals surface area (Å²) < 4.78 is 5.96. The fourth-order valence-electron chi connectivity index (χ4n) is 2.41. The highest BCUT2D eigenvalue weighted by Crippen LogP contribution is 2.25. The first-order chi connectivity index (χ1) is 9.22. The van der Waals surface area contributed by atoms with E-state index in [1.807, 2.05) is 24.3 Å². The number of carbonyl (C=O) groups excluding carboxylic acids is 1. The molecule has 2 rings (SSSR count). The molecular weight excluding hydrogens is 308 g/mol. The quantitative estimate of drug-likeness (QED) is 0.862. The van der Waals surface area contributed by atoms with Crippen LogP contribution in [0.3, 0.4) is 0 Å². The summed E-state index contributed by atoms with van der Waals surface area (Å²) in [5.74, 6) is -0.194. The summed E-state index contributed by atoms with van der Waals surface area (Å²) in [5.41, 5.74) is 0.975. The van der Waals surface area contributed by atoms with Gasteiger partial charge in [0.1, 0.15) is 6.04 Å². The van der Waals surface area contributed by atoms with Crippen LogP contribution in [0, 0.1) is 0 Å². The van der Waals surface area contributed by atoms with Gasteiger partial charge in [0.2, 0.25) is 0 Å². The van der Waals surface area contributed by atoms with Crippen LogP contribution in [-0.2, 0) is 9.53 Å². The van der Waals surface area contributed by atoms with Crippen LogP contribution in [0.5, 0.6) is 0 Å². The second-order valence-corrected chi connectivity index (χ2v) is 5.54. The molecule has 1 saturated heterocycles. The van der Waals surface area contributed by atoms with Crippen LogP contribution in [0.4, 0.5) is 0 Å². The maximum Gasteiger partial charge on any atom is 0.327 e. The van der Waals surface area contributed by atoms with Crippen molar-refractivity contribution in [2.75, 3.05) is 33.3 Å². The van der Waals surface area contributed by atoms with E-state index in [9.17, 15) is 4.79 Å². The van der Waals surface area contributed by atoms with Gasteiger partial charge >= 0.3 is 5.97 Å². The Hall–Kier alpha value is -0.910. The molecule has 1 atom stereocenters. The molecule has 1 aliphatic heterocycles. The van der Waals surface area contributed by atoms with Gasteiger partial charge in [-0.1, -0.05) is 28.1 Å². The number of nitrogens with zero attached hydrogens (tertiary/aromatic N) is 1. The first-order valence-corrected chi connectivity index (χ1v) is 7.29. The number of rotatable bonds is 3. The molecule has 0 bridgehead atoms. The van der Waals surface area contributed by atoms with Gasteiger partial charge in [-0.2, -0.15) is 0 Å². The summed E-state index contributed by atoms with van der Waals surface area (Å²) in [5, 5.41) is 3.35. The van der Waals surface area contributed by atoms with Crippen LogP contribution in [0.25, 0.3) is 0 Å². The van der Waals surface area contributed by atoms with Crippen LogP contribution in [0.2, 0.25) is 0 Å². The van der Waals surface area contributed by atoms with Crippen molar-refractivity contribution in [1.29, 1.82) is 0 Å². The van der Waals surface area contributed by atoms with E-state index in [0.29, 0.717) is 0 Å². The van der Waals surface area contributed by atoms with E-state index >= 15 is 0 Å². The molecule has 1 N–H and O–H groups in total. The molecular formula is C14H19BrN2O2. The van der Waals surface area contributed by atoms with Crippen molar-refractivity contribution in [2.45, 2.75) is 12.5 Å². The molecule has 1 fully saturated rings. The van der Waals surface area contributed by atoms with E-state index < -0.39 is 0 Å². The lowest BCUT2D eigenvalue weighted by Crippen LogP contribution is -2.37.